The third-order valence-electron chi connectivity index (χ3n) is 4.33. The highest BCUT2D eigenvalue weighted by molar-refractivity contribution is 5.87. The van der Waals surface area contributed by atoms with Crippen LogP contribution in [0.3, 0.4) is 0 Å². The Kier molecular flexibility index (Phi) is 9.37. The molecule has 2 N–H and O–H groups in total. The van der Waals surface area contributed by atoms with Crippen LogP contribution in [0.4, 0.5) is 0 Å². The van der Waals surface area contributed by atoms with Gasteiger partial charge in [-0.05, 0) is 30.4 Å². The number of ether oxygens (including phenoxy) is 1. The number of primary amides is 1. The van der Waals surface area contributed by atoms with Crippen molar-refractivity contribution < 1.29 is 14.3 Å². The Balaban J connectivity index is 2.43. The summed E-state index contributed by atoms with van der Waals surface area (Å²) in [7, 11) is 3.21. The maximum absolute atomic E-state index is 12.3. The smallest absolute Gasteiger partial charge is 0.240 e. The lowest BCUT2D eigenvalue weighted by atomic mass is 10.1. The molecule has 0 fully saturated rings. The highest BCUT2D eigenvalue weighted by Gasteiger charge is 2.25. The Bertz CT molecular complexity index is 617. The Labute approximate surface area is 156 Å². The first-order valence-corrected chi connectivity index (χ1v) is 8.81. The molecule has 26 heavy (non-hydrogen) atoms. The van der Waals surface area contributed by atoms with Gasteiger partial charge in [0.2, 0.25) is 11.8 Å². The van der Waals surface area contributed by atoms with Gasteiger partial charge in [-0.3, -0.25) is 9.59 Å². The first kappa shape index (κ1) is 21.6. The van der Waals surface area contributed by atoms with Crippen LogP contribution >= 0.6 is 0 Å². The van der Waals surface area contributed by atoms with Gasteiger partial charge in [0, 0.05) is 33.1 Å². The van der Waals surface area contributed by atoms with Gasteiger partial charge in [-0.2, -0.15) is 0 Å². The van der Waals surface area contributed by atoms with Crippen LogP contribution < -0.4 is 5.73 Å². The van der Waals surface area contributed by atoms with Gasteiger partial charge < -0.3 is 15.4 Å². The van der Waals surface area contributed by atoms with E-state index in [4.69, 9.17) is 10.5 Å². The molecule has 2 amide bonds. The fraction of sp³-hybridized carbons (Fsp3) is 0.429. The third-order valence-corrected chi connectivity index (χ3v) is 4.33. The Morgan fingerprint density at radius 1 is 1.42 bits per heavy atom. The van der Waals surface area contributed by atoms with Crippen LogP contribution in [0.2, 0.25) is 0 Å². The van der Waals surface area contributed by atoms with Crippen molar-refractivity contribution in [1.29, 1.82) is 0 Å². The van der Waals surface area contributed by atoms with Crippen LogP contribution in [0, 0.1) is 5.92 Å². The lowest BCUT2D eigenvalue weighted by Crippen LogP contribution is -2.45. The van der Waals surface area contributed by atoms with E-state index >= 15 is 0 Å². The zero-order valence-corrected chi connectivity index (χ0v) is 15.8. The zero-order chi connectivity index (χ0) is 19.5. The molecule has 5 heteroatoms. The number of carbonyl (C=O) groups excluding carboxylic acids is 2. The Morgan fingerprint density at radius 3 is 2.77 bits per heavy atom. The van der Waals surface area contributed by atoms with Gasteiger partial charge in [-0.15, -0.1) is 0 Å². The van der Waals surface area contributed by atoms with Gasteiger partial charge in [0.05, 0.1) is 0 Å². The maximum Gasteiger partial charge on any atom is 0.240 e. The minimum Gasteiger partial charge on any atom is -0.385 e. The SMILES string of the molecule is C=C/C=C\CC1C=C1C(=C)/C=C\CC(=O)N(C)C(CCCOC)C(N)=O. The molecule has 142 valence electrons. The number of nitrogens with zero attached hydrogens (tertiary/aromatic N) is 1. The van der Waals surface area contributed by atoms with Gasteiger partial charge in [-0.1, -0.05) is 49.6 Å². The number of allylic oxidation sites excluding steroid dienone is 7. The average Bonchev–Trinajstić information content (AvgIpc) is 3.37. The number of hydrogen-bond donors (Lipinski definition) is 1. The van der Waals surface area contributed by atoms with E-state index in [1.165, 1.54) is 10.5 Å². The molecule has 1 rings (SSSR count). The van der Waals surface area contributed by atoms with Crippen molar-refractivity contribution in [3.63, 3.8) is 0 Å². The molecule has 2 atom stereocenters. The van der Waals surface area contributed by atoms with Crippen LogP contribution in [0.25, 0.3) is 0 Å². The minimum absolute atomic E-state index is 0.148. The first-order valence-electron chi connectivity index (χ1n) is 8.81. The predicted octanol–water partition coefficient (Wildman–Crippen LogP) is 2.92. The summed E-state index contributed by atoms with van der Waals surface area (Å²) in [6, 6.07) is -0.610. The van der Waals surface area contributed by atoms with Gasteiger partial charge in [0.1, 0.15) is 6.04 Å². The molecule has 0 aromatic carbocycles. The van der Waals surface area contributed by atoms with Crippen molar-refractivity contribution in [2.75, 3.05) is 20.8 Å². The van der Waals surface area contributed by atoms with E-state index in [1.807, 2.05) is 12.2 Å². The fourth-order valence-corrected chi connectivity index (χ4v) is 2.69. The monoisotopic (exact) mass is 358 g/mol. The Hall–Kier alpha value is -2.40. The van der Waals surface area contributed by atoms with Crippen molar-refractivity contribution in [1.82, 2.24) is 4.90 Å². The van der Waals surface area contributed by atoms with Crippen LogP contribution in [0.5, 0.6) is 0 Å². The predicted molar refractivity (Wildman–Crippen MR) is 105 cm³/mol. The van der Waals surface area contributed by atoms with Gasteiger partial charge in [0.15, 0.2) is 0 Å². The highest BCUT2D eigenvalue weighted by Crippen LogP contribution is 2.38. The van der Waals surface area contributed by atoms with E-state index in [1.54, 1.807) is 26.3 Å². The summed E-state index contributed by atoms with van der Waals surface area (Å²) in [5.41, 5.74) is 7.56. The van der Waals surface area contributed by atoms with Crippen molar-refractivity contribution >= 4 is 11.8 Å². The zero-order valence-electron chi connectivity index (χ0n) is 15.8. The fourth-order valence-electron chi connectivity index (χ4n) is 2.69. The highest BCUT2D eigenvalue weighted by atomic mass is 16.5. The topological polar surface area (TPSA) is 72.6 Å². The van der Waals surface area contributed by atoms with Crippen molar-refractivity contribution in [2.45, 2.75) is 31.7 Å². The van der Waals surface area contributed by atoms with Gasteiger partial charge in [0.25, 0.3) is 0 Å². The largest absolute Gasteiger partial charge is 0.385 e. The van der Waals surface area contributed by atoms with E-state index in [0.717, 1.165) is 12.0 Å². The molecule has 0 heterocycles. The van der Waals surface area contributed by atoms with Crippen LogP contribution in [-0.2, 0) is 14.3 Å². The number of rotatable bonds is 13. The number of nitrogens with two attached hydrogens (primary N) is 1. The molecule has 0 aromatic rings. The molecule has 2 unspecified atom stereocenters. The molecule has 1 aliphatic rings. The molecule has 0 aromatic heterocycles. The van der Waals surface area contributed by atoms with E-state index in [0.29, 0.717) is 25.4 Å². The lowest BCUT2D eigenvalue weighted by Gasteiger charge is -2.25. The molecule has 5 nitrogen and oxygen atoms in total. The van der Waals surface area contributed by atoms with Crippen molar-refractivity contribution in [3.8, 4) is 0 Å². The summed E-state index contributed by atoms with van der Waals surface area (Å²) in [6.07, 6.45) is 13.9. The summed E-state index contributed by atoms with van der Waals surface area (Å²) >= 11 is 0. The number of hydrogen-bond acceptors (Lipinski definition) is 3. The lowest BCUT2D eigenvalue weighted by molar-refractivity contribution is -0.137. The molecule has 0 aliphatic heterocycles. The molecule has 0 spiro atoms. The van der Waals surface area contributed by atoms with Crippen LogP contribution in [0.15, 0.2) is 60.8 Å². The minimum atomic E-state index is -0.610. The molecule has 1 aliphatic carbocycles. The molecule has 0 saturated heterocycles. The van der Waals surface area contributed by atoms with Crippen LogP contribution in [0.1, 0.15) is 25.7 Å². The van der Waals surface area contributed by atoms with Crippen molar-refractivity contribution in [3.05, 3.63) is 60.8 Å². The van der Waals surface area contributed by atoms with Crippen molar-refractivity contribution in [2.24, 2.45) is 11.7 Å². The Morgan fingerprint density at radius 2 is 2.15 bits per heavy atom. The van der Waals surface area contributed by atoms with Gasteiger partial charge in [-0.25, -0.2) is 0 Å². The summed E-state index contributed by atoms with van der Waals surface area (Å²) in [5.74, 6) is -0.212. The maximum atomic E-state index is 12.3. The molecule has 0 radical (unpaired) electrons. The second kappa shape index (κ2) is 11.3. The van der Waals surface area contributed by atoms with Gasteiger partial charge >= 0.3 is 0 Å². The standard InChI is InChI=1S/C21H30N2O3/c1-5-6-7-11-17-15-18(17)16(2)10-8-13-20(24)23(3)19(21(22)25)12-9-14-26-4/h5-8,10,15,17,19H,1-2,9,11-14H2,3-4H3,(H2,22,25)/b7-6-,10-8-. The molecule has 0 saturated carbocycles. The van der Waals surface area contributed by atoms with E-state index < -0.39 is 11.9 Å². The number of likely N-dealkylation sites (N-methyl/N-ethyl adjacent to an activating group) is 1. The van der Waals surface area contributed by atoms with Crippen LogP contribution in [-0.4, -0.2) is 43.5 Å². The number of carbonyl (C=O) groups is 2. The van der Waals surface area contributed by atoms with E-state index in [9.17, 15) is 9.59 Å². The summed E-state index contributed by atoms with van der Waals surface area (Å²) in [4.78, 5) is 25.3. The molecule has 0 bridgehead atoms. The van der Waals surface area contributed by atoms with E-state index in [-0.39, 0.29) is 12.3 Å². The number of amides is 2. The third kappa shape index (κ3) is 7.23. The normalized spacial score (nSPS) is 17.2. The quantitative estimate of drug-likeness (QED) is 0.406. The second-order valence-electron chi connectivity index (χ2n) is 6.32. The summed E-state index contributed by atoms with van der Waals surface area (Å²) in [6.45, 7) is 8.21. The molecular weight excluding hydrogens is 328 g/mol. The summed E-state index contributed by atoms with van der Waals surface area (Å²) in [5, 5.41) is 0. The van der Waals surface area contributed by atoms with E-state index in [2.05, 4.69) is 25.3 Å². The second-order valence-corrected chi connectivity index (χ2v) is 6.32. The average molecular weight is 358 g/mol. The molecular formula is C21H30N2O3. The first-order chi connectivity index (χ1) is 12.4. The summed E-state index contributed by atoms with van der Waals surface area (Å²) < 4.78 is 4.98. The number of methoxy groups -OCH3 is 1.